The molecule has 3 aromatic carbocycles. The summed E-state index contributed by atoms with van der Waals surface area (Å²) in [5.74, 6) is 0.353. The lowest BCUT2D eigenvalue weighted by molar-refractivity contribution is -0.117. The largest absolute Gasteiger partial charge is 0.494 e. The fraction of sp³-hybridized carbons (Fsp3) is 0.310. The molecule has 3 rings (SSSR count). The Morgan fingerprint density at radius 3 is 1.92 bits per heavy atom. The molecule has 0 aliphatic heterocycles. The molecule has 2 N–H and O–H groups in total. The molecule has 7 heteroatoms. The summed E-state index contributed by atoms with van der Waals surface area (Å²) < 4.78 is 10.9. The molecule has 0 saturated heterocycles. The third kappa shape index (κ3) is 7.09. The Bertz CT molecular complexity index is 1190. The third-order valence-electron chi connectivity index (χ3n) is 5.77. The van der Waals surface area contributed by atoms with Crippen LogP contribution in [0.1, 0.15) is 42.3 Å². The SMILES string of the molecule is COc1cc(NC(=O)c2ccccc2)c(OC)cc1NC(=O)CN(C)Cc1ccc(C(C)(C)C)cc1. The highest BCUT2D eigenvalue weighted by Crippen LogP contribution is 2.36. The van der Waals surface area contributed by atoms with Gasteiger partial charge in [0.15, 0.2) is 0 Å². The summed E-state index contributed by atoms with van der Waals surface area (Å²) in [5, 5.41) is 5.74. The topological polar surface area (TPSA) is 79.9 Å². The summed E-state index contributed by atoms with van der Waals surface area (Å²) in [5.41, 5.74) is 3.93. The van der Waals surface area contributed by atoms with Gasteiger partial charge in [0.05, 0.1) is 32.1 Å². The van der Waals surface area contributed by atoms with Crippen LogP contribution in [0.3, 0.4) is 0 Å². The van der Waals surface area contributed by atoms with Crippen LogP contribution >= 0.6 is 0 Å². The second kappa shape index (κ2) is 11.7. The zero-order chi connectivity index (χ0) is 26.3. The number of nitrogens with one attached hydrogen (secondary N) is 2. The van der Waals surface area contributed by atoms with Crippen LogP contribution in [0.4, 0.5) is 11.4 Å². The molecule has 0 radical (unpaired) electrons. The molecule has 2 amide bonds. The van der Waals surface area contributed by atoms with Crippen LogP contribution in [0.15, 0.2) is 66.7 Å². The Balaban J connectivity index is 1.67. The lowest BCUT2D eigenvalue weighted by atomic mass is 9.87. The molecule has 7 nitrogen and oxygen atoms in total. The van der Waals surface area contributed by atoms with E-state index >= 15 is 0 Å². The van der Waals surface area contributed by atoms with Crippen molar-refractivity contribution in [3.05, 3.63) is 83.4 Å². The van der Waals surface area contributed by atoms with Crippen molar-refractivity contribution in [1.29, 1.82) is 0 Å². The van der Waals surface area contributed by atoms with Crippen LogP contribution in [-0.4, -0.2) is 44.5 Å². The maximum atomic E-state index is 12.8. The van der Waals surface area contributed by atoms with Crippen LogP contribution in [0, 0.1) is 0 Å². The van der Waals surface area contributed by atoms with E-state index in [2.05, 4.69) is 55.7 Å². The summed E-state index contributed by atoms with van der Waals surface area (Å²) in [6.45, 7) is 7.39. The fourth-order valence-electron chi connectivity index (χ4n) is 3.79. The van der Waals surface area contributed by atoms with E-state index in [0.717, 1.165) is 5.56 Å². The van der Waals surface area contributed by atoms with Gasteiger partial charge in [-0.15, -0.1) is 0 Å². The predicted molar refractivity (Wildman–Crippen MR) is 144 cm³/mol. The van der Waals surface area contributed by atoms with E-state index in [1.807, 2.05) is 18.0 Å². The maximum absolute atomic E-state index is 12.8. The van der Waals surface area contributed by atoms with Gasteiger partial charge in [-0.05, 0) is 35.7 Å². The van der Waals surface area contributed by atoms with E-state index in [1.165, 1.54) is 19.8 Å². The highest BCUT2D eigenvalue weighted by Gasteiger charge is 2.17. The second-order valence-electron chi connectivity index (χ2n) is 9.74. The average Bonchev–Trinajstić information content (AvgIpc) is 2.84. The lowest BCUT2D eigenvalue weighted by Crippen LogP contribution is -2.30. The number of hydrogen-bond donors (Lipinski definition) is 2. The normalized spacial score (nSPS) is 11.2. The molecule has 0 bridgehead atoms. The summed E-state index contributed by atoms with van der Waals surface area (Å²) in [6.07, 6.45) is 0. The van der Waals surface area contributed by atoms with E-state index in [0.29, 0.717) is 35.0 Å². The molecule has 0 aliphatic rings. The van der Waals surface area contributed by atoms with Gasteiger partial charge >= 0.3 is 0 Å². The van der Waals surface area contributed by atoms with Crippen molar-refractivity contribution < 1.29 is 19.1 Å². The van der Waals surface area contributed by atoms with Crippen molar-refractivity contribution >= 4 is 23.2 Å². The minimum Gasteiger partial charge on any atom is -0.494 e. The van der Waals surface area contributed by atoms with E-state index in [4.69, 9.17) is 9.47 Å². The van der Waals surface area contributed by atoms with Crippen molar-refractivity contribution in [2.24, 2.45) is 0 Å². The number of likely N-dealkylation sites (N-methyl/N-ethyl adjacent to an activating group) is 1. The number of nitrogens with zero attached hydrogens (tertiary/aromatic N) is 1. The molecule has 0 unspecified atom stereocenters. The predicted octanol–water partition coefficient (Wildman–Crippen LogP) is 5.32. The molecule has 190 valence electrons. The van der Waals surface area contributed by atoms with Crippen molar-refractivity contribution in [3.8, 4) is 11.5 Å². The summed E-state index contributed by atoms with van der Waals surface area (Å²) in [6, 6.07) is 20.6. The minimum atomic E-state index is -0.273. The Hall–Kier alpha value is -3.84. The first-order chi connectivity index (χ1) is 17.1. The number of amides is 2. The molecule has 0 spiro atoms. The summed E-state index contributed by atoms with van der Waals surface area (Å²) >= 11 is 0. The van der Waals surface area contributed by atoms with E-state index in [-0.39, 0.29) is 23.8 Å². The van der Waals surface area contributed by atoms with Gasteiger partial charge in [-0.1, -0.05) is 63.2 Å². The molecule has 0 atom stereocenters. The standard InChI is InChI=1S/C29H35N3O4/c1-29(2,3)22-14-12-20(13-15-22)18-32(4)19-27(33)30-23-16-26(36-6)24(17-25(23)35-5)31-28(34)21-10-8-7-9-11-21/h7-17H,18-19H2,1-6H3,(H,30,33)(H,31,34). The van der Waals surface area contributed by atoms with Crippen LogP contribution in [0.2, 0.25) is 0 Å². The van der Waals surface area contributed by atoms with Crippen molar-refractivity contribution in [2.45, 2.75) is 32.7 Å². The van der Waals surface area contributed by atoms with E-state index < -0.39 is 0 Å². The smallest absolute Gasteiger partial charge is 0.255 e. The number of methoxy groups -OCH3 is 2. The lowest BCUT2D eigenvalue weighted by Gasteiger charge is -2.21. The number of carbonyl (C=O) groups is 2. The molecule has 0 aromatic heterocycles. The summed E-state index contributed by atoms with van der Waals surface area (Å²) in [4.78, 5) is 27.3. The highest BCUT2D eigenvalue weighted by molar-refractivity contribution is 6.05. The summed E-state index contributed by atoms with van der Waals surface area (Å²) in [7, 11) is 4.91. The Morgan fingerprint density at radius 1 is 0.833 bits per heavy atom. The molecular formula is C29H35N3O4. The maximum Gasteiger partial charge on any atom is 0.255 e. The molecule has 36 heavy (non-hydrogen) atoms. The van der Waals surface area contributed by atoms with Gasteiger partial charge in [-0.25, -0.2) is 0 Å². The second-order valence-corrected chi connectivity index (χ2v) is 9.74. The first kappa shape index (κ1) is 26.8. The van der Waals surface area contributed by atoms with Gasteiger partial charge in [0.2, 0.25) is 5.91 Å². The molecular weight excluding hydrogens is 454 g/mol. The zero-order valence-corrected chi connectivity index (χ0v) is 21.8. The monoisotopic (exact) mass is 489 g/mol. The number of benzene rings is 3. The van der Waals surface area contributed by atoms with Crippen molar-refractivity contribution in [3.63, 3.8) is 0 Å². The average molecular weight is 490 g/mol. The minimum absolute atomic E-state index is 0.102. The van der Waals surface area contributed by atoms with Gasteiger partial charge in [0, 0.05) is 24.2 Å². The van der Waals surface area contributed by atoms with Crippen molar-refractivity contribution in [2.75, 3.05) is 38.4 Å². The van der Waals surface area contributed by atoms with Gasteiger partial charge in [-0.2, -0.15) is 0 Å². The molecule has 0 fully saturated rings. The van der Waals surface area contributed by atoms with Crippen LogP contribution < -0.4 is 20.1 Å². The molecule has 0 saturated carbocycles. The first-order valence-electron chi connectivity index (χ1n) is 11.8. The number of carbonyl (C=O) groups excluding carboxylic acids is 2. The van der Waals surface area contributed by atoms with Crippen LogP contribution in [-0.2, 0) is 16.8 Å². The Kier molecular flexibility index (Phi) is 8.72. The van der Waals surface area contributed by atoms with Gasteiger partial charge < -0.3 is 20.1 Å². The quantitative estimate of drug-likeness (QED) is 0.425. The number of hydrogen-bond acceptors (Lipinski definition) is 5. The number of ether oxygens (including phenoxy) is 2. The Morgan fingerprint density at radius 2 is 1.39 bits per heavy atom. The van der Waals surface area contributed by atoms with E-state index in [1.54, 1.807) is 36.4 Å². The number of rotatable bonds is 9. The van der Waals surface area contributed by atoms with Crippen LogP contribution in [0.5, 0.6) is 11.5 Å². The number of anilines is 2. The van der Waals surface area contributed by atoms with Crippen LogP contribution in [0.25, 0.3) is 0 Å². The van der Waals surface area contributed by atoms with Gasteiger partial charge in [-0.3, -0.25) is 14.5 Å². The van der Waals surface area contributed by atoms with Gasteiger partial charge in [0.25, 0.3) is 5.91 Å². The fourth-order valence-corrected chi connectivity index (χ4v) is 3.79. The van der Waals surface area contributed by atoms with E-state index in [9.17, 15) is 9.59 Å². The Labute approximate surface area is 213 Å². The molecule has 0 heterocycles. The molecule has 0 aliphatic carbocycles. The molecule has 3 aromatic rings. The van der Waals surface area contributed by atoms with Gasteiger partial charge in [0.1, 0.15) is 11.5 Å². The zero-order valence-electron chi connectivity index (χ0n) is 21.8. The first-order valence-corrected chi connectivity index (χ1v) is 11.8. The van der Waals surface area contributed by atoms with Crippen molar-refractivity contribution in [1.82, 2.24) is 4.90 Å². The third-order valence-corrected chi connectivity index (χ3v) is 5.77. The highest BCUT2D eigenvalue weighted by atomic mass is 16.5.